The number of Topliss-reactive ketones (excluding diaryl/α,β-unsaturated/α-hetero) is 1. The maximum Gasteiger partial charge on any atom is 0.203 e. The number of rotatable bonds is 4. The lowest BCUT2D eigenvalue weighted by Gasteiger charge is -2.15. The summed E-state index contributed by atoms with van der Waals surface area (Å²) in [7, 11) is 4.73. The van der Waals surface area contributed by atoms with E-state index in [1.165, 1.54) is 0 Å². The SMILES string of the molecule is COc1cc(/C=C2/CSCCC2=O)cc(OC)c1OC. The lowest BCUT2D eigenvalue weighted by molar-refractivity contribution is -0.115. The van der Waals surface area contributed by atoms with Crippen molar-refractivity contribution in [3.8, 4) is 17.2 Å². The number of carbonyl (C=O) groups is 1. The van der Waals surface area contributed by atoms with Crippen LogP contribution in [0.5, 0.6) is 17.2 Å². The van der Waals surface area contributed by atoms with E-state index in [9.17, 15) is 4.79 Å². The molecule has 1 aliphatic rings. The predicted octanol–water partition coefficient (Wildman–Crippen LogP) is 2.80. The van der Waals surface area contributed by atoms with E-state index in [0.29, 0.717) is 23.7 Å². The molecule has 0 aliphatic carbocycles. The smallest absolute Gasteiger partial charge is 0.203 e. The van der Waals surface area contributed by atoms with Gasteiger partial charge < -0.3 is 14.2 Å². The molecule has 0 atom stereocenters. The number of benzene rings is 1. The molecule has 1 aromatic rings. The monoisotopic (exact) mass is 294 g/mol. The molecule has 1 saturated heterocycles. The van der Waals surface area contributed by atoms with Crippen molar-refractivity contribution in [1.82, 2.24) is 0 Å². The molecule has 1 fully saturated rings. The summed E-state index contributed by atoms with van der Waals surface area (Å²) in [4.78, 5) is 11.9. The van der Waals surface area contributed by atoms with Gasteiger partial charge in [0.05, 0.1) is 21.3 Å². The molecule has 0 amide bonds. The molecular formula is C15H18O4S. The zero-order chi connectivity index (χ0) is 14.5. The highest BCUT2D eigenvalue weighted by molar-refractivity contribution is 7.99. The number of hydrogen-bond acceptors (Lipinski definition) is 5. The molecule has 108 valence electrons. The normalized spacial score (nSPS) is 17.1. The number of hydrogen-bond donors (Lipinski definition) is 0. The highest BCUT2D eigenvalue weighted by Gasteiger charge is 2.17. The molecule has 0 bridgehead atoms. The van der Waals surface area contributed by atoms with Gasteiger partial charge in [-0.05, 0) is 23.8 Å². The first-order valence-corrected chi connectivity index (χ1v) is 7.46. The minimum absolute atomic E-state index is 0.220. The molecule has 20 heavy (non-hydrogen) atoms. The van der Waals surface area contributed by atoms with Crippen LogP contribution in [0.4, 0.5) is 0 Å². The van der Waals surface area contributed by atoms with Crippen LogP contribution in [0.15, 0.2) is 17.7 Å². The van der Waals surface area contributed by atoms with E-state index in [2.05, 4.69) is 0 Å². The Kier molecular flexibility index (Phi) is 4.95. The summed E-state index contributed by atoms with van der Waals surface area (Å²) in [6, 6.07) is 3.70. The summed E-state index contributed by atoms with van der Waals surface area (Å²) >= 11 is 1.78. The number of carbonyl (C=O) groups excluding carboxylic acids is 1. The summed E-state index contributed by atoms with van der Waals surface area (Å²) < 4.78 is 15.9. The van der Waals surface area contributed by atoms with Crippen LogP contribution in [0, 0.1) is 0 Å². The molecule has 2 rings (SSSR count). The Morgan fingerprint density at radius 1 is 1.10 bits per heavy atom. The molecule has 0 saturated carbocycles. The van der Waals surface area contributed by atoms with Gasteiger partial charge in [-0.3, -0.25) is 4.79 Å². The van der Waals surface area contributed by atoms with Gasteiger partial charge in [-0.2, -0.15) is 11.8 Å². The molecule has 0 aromatic heterocycles. The third-order valence-electron chi connectivity index (χ3n) is 3.12. The summed E-state index contributed by atoms with van der Waals surface area (Å²) in [5.74, 6) is 3.63. The number of thioether (sulfide) groups is 1. The van der Waals surface area contributed by atoms with Crippen molar-refractivity contribution >= 4 is 23.6 Å². The first-order chi connectivity index (χ1) is 9.69. The molecule has 4 nitrogen and oxygen atoms in total. The zero-order valence-electron chi connectivity index (χ0n) is 11.9. The van der Waals surface area contributed by atoms with Crippen molar-refractivity contribution in [2.45, 2.75) is 6.42 Å². The van der Waals surface area contributed by atoms with E-state index in [1.807, 2.05) is 18.2 Å². The fourth-order valence-corrected chi connectivity index (χ4v) is 3.03. The fraction of sp³-hybridized carbons (Fsp3) is 0.400. The quantitative estimate of drug-likeness (QED) is 0.799. The first-order valence-electron chi connectivity index (χ1n) is 6.31. The Labute approximate surface area is 123 Å². The van der Waals surface area contributed by atoms with Crippen LogP contribution >= 0.6 is 11.8 Å². The van der Waals surface area contributed by atoms with Gasteiger partial charge in [-0.15, -0.1) is 0 Å². The lowest BCUT2D eigenvalue weighted by atomic mass is 10.1. The minimum atomic E-state index is 0.220. The largest absolute Gasteiger partial charge is 0.493 e. The van der Waals surface area contributed by atoms with Gasteiger partial charge >= 0.3 is 0 Å². The zero-order valence-corrected chi connectivity index (χ0v) is 12.7. The Balaban J connectivity index is 2.41. The highest BCUT2D eigenvalue weighted by Crippen LogP contribution is 2.39. The summed E-state index contributed by atoms with van der Waals surface area (Å²) in [6.45, 7) is 0. The van der Waals surface area contributed by atoms with Crippen molar-refractivity contribution in [1.29, 1.82) is 0 Å². The summed E-state index contributed by atoms with van der Waals surface area (Å²) in [5, 5.41) is 0. The Hall–Kier alpha value is -1.62. The van der Waals surface area contributed by atoms with Gasteiger partial charge in [-0.1, -0.05) is 0 Å². The van der Waals surface area contributed by atoms with Gasteiger partial charge in [0.2, 0.25) is 5.75 Å². The number of ether oxygens (including phenoxy) is 3. The third-order valence-corrected chi connectivity index (χ3v) is 4.13. The van der Waals surface area contributed by atoms with Crippen LogP contribution in [0.3, 0.4) is 0 Å². The van der Waals surface area contributed by atoms with Crippen LogP contribution in [0.2, 0.25) is 0 Å². The second kappa shape index (κ2) is 6.70. The molecule has 0 unspecified atom stereocenters. The van der Waals surface area contributed by atoms with Gasteiger partial charge in [0.15, 0.2) is 17.3 Å². The Morgan fingerprint density at radius 2 is 1.75 bits per heavy atom. The molecular weight excluding hydrogens is 276 g/mol. The van der Waals surface area contributed by atoms with Crippen molar-refractivity contribution in [3.05, 3.63) is 23.3 Å². The average Bonchev–Trinajstić information content (AvgIpc) is 2.48. The average molecular weight is 294 g/mol. The topological polar surface area (TPSA) is 44.8 Å². The van der Waals surface area contributed by atoms with E-state index >= 15 is 0 Å². The summed E-state index contributed by atoms with van der Waals surface area (Å²) in [5.41, 5.74) is 1.72. The highest BCUT2D eigenvalue weighted by atomic mass is 32.2. The van der Waals surface area contributed by atoms with Gasteiger partial charge in [0, 0.05) is 23.5 Å². The van der Waals surface area contributed by atoms with Crippen molar-refractivity contribution in [2.75, 3.05) is 32.8 Å². The van der Waals surface area contributed by atoms with E-state index in [-0.39, 0.29) is 5.78 Å². The number of ketones is 1. The Bertz CT molecular complexity index is 512. The molecule has 0 radical (unpaired) electrons. The van der Waals surface area contributed by atoms with Crippen LogP contribution in [-0.2, 0) is 4.79 Å². The third kappa shape index (κ3) is 3.10. The first kappa shape index (κ1) is 14.8. The van der Waals surface area contributed by atoms with E-state index in [1.54, 1.807) is 33.1 Å². The minimum Gasteiger partial charge on any atom is -0.493 e. The van der Waals surface area contributed by atoms with Crippen LogP contribution in [0.1, 0.15) is 12.0 Å². The molecule has 1 aliphatic heterocycles. The van der Waals surface area contributed by atoms with Gasteiger partial charge in [-0.25, -0.2) is 0 Å². The second-order valence-electron chi connectivity index (χ2n) is 4.35. The van der Waals surface area contributed by atoms with Crippen LogP contribution < -0.4 is 14.2 Å². The van der Waals surface area contributed by atoms with Gasteiger partial charge in [0.25, 0.3) is 0 Å². The predicted molar refractivity (Wildman–Crippen MR) is 81.0 cm³/mol. The van der Waals surface area contributed by atoms with E-state index in [4.69, 9.17) is 14.2 Å². The Morgan fingerprint density at radius 3 is 2.25 bits per heavy atom. The van der Waals surface area contributed by atoms with E-state index in [0.717, 1.165) is 22.6 Å². The van der Waals surface area contributed by atoms with Crippen molar-refractivity contribution < 1.29 is 19.0 Å². The molecule has 0 N–H and O–H groups in total. The maximum atomic E-state index is 11.9. The maximum absolute atomic E-state index is 11.9. The molecule has 1 aromatic carbocycles. The lowest BCUT2D eigenvalue weighted by Crippen LogP contribution is -2.11. The molecule has 5 heteroatoms. The van der Waals surface area contributed by atoms with Crippen molar-refractivity contribution in [2.24, 2.45) is 0 Å². The van der Waals surface area contributed by atoms with Crippen molar-refractivity contribution in [3.63, 3.8) is 0 Å². The fourth-order valence-electron chi connectivity index (χ4n) is 2.10. The summed E-state index contributed by atoms with van der Waals surface area (Å²) in [6.07, 6.45) is 2.51. The van der Waals surface area contributed by atoms with Gasteiger partial charge in [0.1, 0.15) is 0 Å². The second-order valence-corrected chi connectivity index (χ2v) is 5.46. The molecule has 0 spiro atoms. The van der Waals surface area contributed by atoms with E-state index < -0.39 is 0 Å². The number of methoxy groups -OCH3 is 3. The van der Waals surface area contributed by atoms with Crippen LogP contribution in [-0.4, -0.2) is 38.6 Å². The molecule has 1 heterocycles. The van der Waals surface area contributed by atoms with Crippen LogP contribution in [0.25, 0.3) is 6.08 Å². The standard InChI is InChI=1S/C15H18O4S/c1-17-13-7-10(8-14(18-2)15(13)19-3)6-11-9-20-5-4-12(11)16/h6-8H,4-5,9H2,1-3H3/b11-6-.